The molecule has 0 saturated carbocycles. The third-order valence-corrected chi connectivity index (χ3v) is 5.72. The van der Waals surface area contributed by atoms with Gasteiger partial charge in [0, 0.05) is 12.1 Å². The molecule has 2 aromatic carbocycles. The van der Waals surface area contributed by atoms with Crippen molar-refractivity contribution in [3.8, 4) is 5.75 Å². The number of carbonyl (C=O) groups is 2. The smallest absolute Gasteiger partial charge is 0.295 e. The average molecular weight is 446 g/mol. The molecule has 6 nitrogen and oxygen atoms in total. The van der Waals surface area contributed by atoms with Gasteiger partial charge in [0.15, 0.2) is 0 Å². The molecule has 1 unspecified atom stereocenters. The van der Waals surface area contributed by atoms with Crippen LogP contribution in [0.3, 0.4) is 0 Å². The van der Waals surface area contributed by atoms with Gasteiger partial charge in [-0.05, 0) is 61.7 Å². The zero-order chi connectivity index (χ0) is 23.5. The van der Waals surface area contributed by atoms with Crippen molar-refractivity contribution in [3.63, 3.8) is 0 Å². The Kier molecular flexibility index (Phi) is 6.36. The minimum Gasteiger partial charge on any atom is -0.507 e. The summed E-state index contributed by atoms with van der Waals surface area (Å²) >= 11 is 0. The van der Waals surface area contributed by atoms with Crippen molar-refractivity contribution in [2.45, 2.75) is 39.8 Å². The first-order chi connectivity index (χ1) is 15.9. The molecule has 0 aliphatic carbocycles. The summed E-state index contributed by atoms with van der Waals surface area (Å²) in [7, 11) is 0. The Bertz CT molecular complexity index is 1210. The maximum atomic E-state index is 12.9. The largest absolute Gasteiger partial charge is 0.507 e. The standard InChI is InChI=1S/C27H27NO5/c1-4-14-28-24(22-12-10-18(3)33-22)23(26(30)27(28)31)25(29)20-11-13-21(17(2)15-20)32-16-19-8-6-5-7-9-19/h5-13,15,24,29H,4,14,16H2,1-3H3/b25-23-. The zero-order valence-corrected chi connectivity index (χ0v) is 19.0. The maximum Gasteiger partial charge on any atom is 0.295 e. The molecule has 4 rings (SSSR count). The Balaban J connectivity index is 1.68. The maximum absolute atomic E-state index is 12.9. The number of ketones is 1. The number of aliphatic hydroxyl groups excluding tert-OH is 1. The van der Waals surface area contributed by atoms with Crippen LogP contribution in [-0.4, -0.2) is 28.2 Å². The van der Waals surface area contributed by atoms with Crippen LogP contribution in [0.25, 0.3) is 5.76 Å². The number of nitrogens with zero attached hydrogens (tertiary/aromatic N) is 1. The van der Waals surface area contributed by atoms with Gasteiger partial charge in [-0.15, -0.1) is 0 Å². The number of carbonyl (C=O) groups excluding carboxylic acids is 2. The van der Waals surface area contributed by atoms with Gasteiger partial charge in [0.2, 0.25) is 0 Å². The molecule has 0 bridgehead atoms. The molecule has 6 heteroatoms. The van der Waals surface area contributed by atoms with Crippen LogP contribution >= 0.6 is 0 Å². The normalized spacial score (nSPS) is 17.5. The molecule has 0 radical (unpaired) electrons. The Morgan fingerprint density at radius 1 is 1.06 bits per heavy atom. The van der Waals surface area contributed by atoms with Crippen molar-refractivity contribution in [1.29, 1.82) is 0 Å². The van der Waals surface area contributed by atoms with Crippen LogP contribution in [0.15, 0.2) is 70.7 Å². The Labute approximate surface area is 193 Å². The van der Waals surface area contributed by atoms with E-state index in [-0.39, 0.29) is 11.3 Å². The van der Waals surface area contributed by atoms with Gasteiger partial charge in [-0.25, -0.2) is 0 Å². The summed E-state index contributed by atoms with van der Waals surface area (Å²) in [6.45, 7) is 6.42. The summed E-state index contributed by atoms with van der Waals surface area (Å²) in [4.78, 5) is 27.1. The van der Waals surface area contributed by atoms with Crippen molar-refractivity contribution in [2.24, 2.45) is 0 Å². The molecule has 1 aliphatic rings. The lowest BCUT2D eigenvalue weighted by Gasteiger charge is -2.22. The first-order valence-corrected chi connectivity index (χ1v) is 11.0. The molecule has 33 heavy (non-hydrogen) atoms. The van der Waals surface area contributed by atoms with Crippen molar-refractivity contribution in [2.75, 3.05) is 6.54 Å². The summed E-state index contributed by atoms with van der Waals surface area (Å²) < 4.78 is 11.7. The lowest BCUT2D eigenvalue weighted by molar-refractivity contribution is -0.140. The Morgan fingerprint density at radius 2 is 1.82 bits per heavy atom. The number of aryl methyl sites for hydroxylation is 2. The van der Waals surface area contributed by atoms with E-state index in [0.717, 1.165) is 11.1 Å². The topological polar surface area (TPSA) is 80.0 Å². The van der Waals surface area contributed by atoms with Crippen LogP contribution in [0, 0.1) is 13.8 Å². The van der Waals surface area contributed by atoms with E-state index in [9.17, 15) is 14.7 Å². The van der Waals surface area contributed by atoms with Crippen molar-refractivity contribution in [3.05, 3.63) is 94.4 Å². The number of amides is 1. The van der Waals surface area contributed by atoms with Crippen LogP contribution in [0.1, 0.15) is 47.6 Å². The fourth-order valence-electron chi connectivity index (χ4n) is 4.10. The van der Waals surface area contributed by atoms with E-state index in [1.807, 2.05) is 44.2 Å². The molecule has 1 fully saturated rings. The van der Waals surface area contributed by atoms with E-state index in [1.165, 1.54) is 4.90 Å². The molecular weight excluding hydrogens is 418 g/mol. The summed E-state index contributed by atoms with van der Waals surface area (Å²) in [5.41, 5.74) is 2.35. The highest BCUT2D eigenvalue weighted by atomic mass is 16.5. The molecule has 170 valence electrons. The van der Waals surface area contributed by atoms with Gasteiger partial charge in [-0.1, -0.05) is 37.3 Å². The van der Waals surface area contributed by atoms with E-state index in [2.05, 4.69) is 0 Å². The highest BCUT2D eigenvalue weighted by Gasteiger charge is 2.47. The van der Waals surface area contributed by atoms with Gasteiger partial charge in [0.05, 0.1) is 5.57 Å². The average Bonchev–Trinajstić information content (AvgIpc) is 3.35. The van der Waals surface area contributed by atoms with Crippen LogP contribution in [0.2, 0.25) is 0 Å². The van der Waals surface area contributed by atoms with Crippen LogP contribution < -0.4 is 4.74 Å². The quantitative estimate of drug-likeness (QED) is 0.303. The number of Topliss-reactive ketones (excluding diaryl/α,β-unsaturated/α-hetero) is 1. The van der Waals surface area contributed by atoms with Gasteiger partial charge < -0.3 is 19.2 Å². The van der Waals surface area contributed by atoms with Gasteiger partial charge in [-0.3, -0.25) is 9.59 Å². The first kappa shape index (κ1) is 22.4. The summed E-state index contributed by atoms with van der Waals surface area (Å²) in [6.07, 6.45) is 0.676. The number of ether oxygens (including phenoxy) is 1. The van der Waals surface area contributed by atoms with E-state index < -0.39 is 17.7 Å². The second-order valence-electron chi connectivity index (χ2n) is 8.20. The number of benzene rings is 2. The Morgan fingerprint density at radius 3 is 2.45 bits per heavy atom. The number of hydrogen-bond donors (Lipinski definition) is 1. The van der Waals surface area contributed by atoms with Crippen LogP contribution in [0.5, 0.6) is 5.75 Å². The summed E-state index contributed by atoms with van der Waals surface area (Å²) in [5.74, 6) is 0.256. The molecule has 2 heterocycles. The first-order valence-electron chi connectivity index (χ1n) is 11.0. The minimum atomic E-state index is -0.757. The fourth-order valence-corrected chi connectivity index (χ4v) is 4.10. The van der Waals surface area contributed by atoms with Gasteiger partial charge in [-0.2, -0.15) is 0 Å². The second kappa shape index (κ2) is 9.36. The predicted molar refractivity (Wildman–Crippen MR) is 125 cm³/mol. The monoisotopic (exact) mass is 445 g/mol. The molecule has 1 aliphatic heterocycles. The molecule has 3 aromatic rings. The molecule has 1 saturated heterocycles. The van der Waals surface area contributed by atoms with Crippen molar-refractivity contribution in [1.82, 2.24) is 4.90 Å². The number of hydrogen-bond acceptors (Lipinski definition) is 5. The highest BCUT2D eigenvalue weighted by Crippen LogP contribution is 2.40. The molecule has 1 atom stereocenters. The third-order valence-electron chi connectivity index (χ3n) is 5.72. The molecule has 1 aromatic heterocycles. The van der Waals surface area contributed by atoms with E-state index in [0.29, 0.717) is 42.4 Å². The van der Waals surface area contributed by atoms with E-state index >= 15 is 0 Å². The lowest BCUT2D eigenvalue weighted by atomic mass is 9.98. The zero-order valence-electron chi connectivity index (χ0n) is 19.0. The SMILES string of the molecule is CCCN1C(=O)C(=O)/C(=C(\O)c2ccc(OCc3ccccc3)c(C)c2)C1c1ccc(C)o1. The number of aliphatic hydroxyl groups is 1. The highest BCUT2D eigenvalue weighted by molar-refractivity contribution is 6.46. The lowest BCUT2D eigenvalue weighted by Crippen LogP contribution is -2.30. The number of furan rings is 1. The fraction of sp³-hybridized carbons (Fsp3) is 0.259. The minimum absolute atomic E-state index is 0.0418. The van der Waals surface area contributed by atoms with Crippen LogP contribution in [0.4, 0.5) is 0 Å². The molecule has 1 N–H and O–H groups in total. The summed E-state index contributed by atoms with van der Waals surface area (Å²) in [5, 5.41) is 11.2. The van der Waals surface area contributed by atoms with E-state index in [1.54, 1.807) is 37.3 Å². The van der Waals surface area contributed by atoms with Gasteiger partial charge in [0.25, 0.3) is 11.7 Å². The van der Waals surface area contributed by atoms with Crippen molar-refractivity contribution >= 4 is 17.4 Å². The van der Waals surface area contributed by atoms with Gasteiger partial charge in [0.1, 0.15) is 35.7 Å². The Hall–Kier alpha value is -3.80. The van der Waals surface area contributed by atoms with E-state index in [4.69, 9.17) is 9.15 Å². The molecule has 1 amide bonds. The van der Waals surface area contributed by atoms with Crippen LogP contribution in [-0.2, 0) is 16.2 Å². The number of likely N-dealkylation sites (tertiary alicyclic amines) is 1. The molecular formula is C27H27NO5. The predicted octanol–water partition coefficient (Wildman–Crippen LogP) is 5.31. The summed E-state index contributed by atoms with van der Waals surface area (Å²) in [6, 6.07) is 17.8. The second-order valence-corrected chi connectivity index (χ2v) is 8.20. The van der Waals surface area contributed by atoms with Gasteiger partial charge >= 0.3 is 0 Å². The number of rotatable bonds is 7. The third kappa shape index (κ3) is 4.42. The molecule has 0 spiro atoms. The van der Waals surface area contributed by atoms with Crippen molar-refractivity contribution < 1.29 is 23.8 Å².